The van der Waals surface area contributed by atoms with E-state index in [2.05, 4.69) is 5.32 Å². The van der Waals surface area contributed by atoms with Gasteiger partial charge >= 0.3 is 0 Å². The van der Waals surface area contributed by atoms with Crippen molar-refractivity contribution in [2.75, 3.05) is 11.5 Å². The summed E-state index contributed by atoms with van der Waals surface area (Å²) in [5, 5.41) is 2.70. The highest BCUT2D eigenvalue weighted by atomic mass is 32.2. The Morgan fingerprint density at radius 3 is 2.59 bits per heavy atom. The number of hydrogen-bond donors (Lipinski definition) is 1. The number of carbonyl (C=O) groups is 2. The Morgan fingerprint density at radius 2 is 1.95 bits per heavy atom. The first-order valence-corrected chi connectivity index (χ1v) is 9.19. The average molecular weight is 323 g/mol. The van der Waals surface area contributed by atoms with Crippen LogP contribution in [0.3, 0.4) is 0 Å². The Bertz CT molecular complexity index is 694. The Hall–Kier alpha value is -1.69. The summed E-state index contributed by atoms with van der Waals surface area (Å²) in [5.74, 6) is -0.195. The van der Waals surface area contributed by atoms with Crippen LogP contribution in [-0.4, -0.2) is 37.7 Å². The molecule has 1 atom stereocenters. The molecule has 1 heterocycles. The molecular weight excluding hydrogens is 302 g/mol. The molecule has 0 unspecified atom stereocenters. The third-order valence-electron chi connectivity index (χ3n) is 3.87. The monoisotopic (exact) mass is 323 g/mol. The molecule has 1 aromatic carbocycles. The van der Waals surface area contributed by atoms with Gasteiger partial charge in [-0.3, -0.25) is 9.59 Å². The minimum atomic E-state index is -3.01. The molecule has 1 N–H and O–H groups in total. The molecule has 1 amide bonds. The van der Waals surface area contributed by atoms with Gasteiger partial charge in [0.05, 0.1) is 11.5 Å². The standard InChI is InChI=1S/C16H21NO4S/c1-11-3-4-12(2)14(9-11)15(18)5-6-16(19)17-13-7-8-22(20,21)10-13/h3-4,9,13H,5-8,10H2,1-2H3,(H,17,19)/t13-/m0/s1. The van der Waals surface area contributed by atoms with Crippen molar-refractivity contribution in [2.45, 2.75) is 39.2 Å². The molecular formula is C16H21NO4S. The number of nitrogens with one attached hydrogen (secondary N) is 1. The van der Waals surface area contributed by atoms with Crippen molar-refractivity contribution in [3.8, 4) is 0 Å². The topological polar surface area (TPSA) is 80.3 Å². The van der Waals surface area contributed by atoms with E-state index in [1.807, 2.05) is 32.0 Å². The van der Waals surface area contributed by atoms with Crippen LogP contribution >= 0.6 is 0 Å². The highest BCUT2D eigenvalue weighted by Crippen LogP contribution is 2.15. The van der Waals surface area contributed by atoms with Crippen LogP contribution in [0.1, 0.15) is 40.7 Å². The summed E-state index contributed by atoms with van der Waals surface area (Å²) >= 11 is 0. The van der Waals surface area contributed by atoms with Crippen molar-refractivity contribution in [1.29, 1.82) is 0 Å². The summed E-state index contributed by atoms with van der Waals surface area (Å²) in [6.07, 6.45) is 0.678. The predicted octanol–water partition coefficient (Wildman–Crippen LogP) is 1.57. The lowest BCUT2D eigenvalue weighted by Crippen LogP contribution is -2.35. The van der Waals surface area contributed by atoms with E-state index in [1.54, 1.807) is 0 Å². The van der Waals surface area contributed by atoms with Crippen molar-refractivity contribution >= 4 is 21.5 Å². The largest absolute Gasteiger partial charge is 0.352 e. The number of carbonyl (C=O) groups excluding carboxylic acids is 2. The van der Waals surface area contributed by atoms with Crippen LogP contribution in [-0.2, 0) is 14.6 Å². The van der Waals surface area contributed by atoms with Crippen molar-refractivity contribution in [3.63, 3.8) is 0 Å². The van der Waals surface area contributed by atoms with Gasteiger partial charge < -0.3 is 5.32 Å². The van der Waals surface area contributed by atoms with Gasteiger partial charge in [0.15, 0.2) is 15.6 Å². The first kappa shape index (κ1) is 16.7. The fourth-order valence-electron chi connectivity index (χ4n) is 2.61. The predicted molar refractivity (Wildman–Crippen MR) is 84.7 cm³/mol. The Morgan fingerprint density at radius 1 is 1.23 bits per heavy atom. The van der Waals surface area contributed by atoms with E-state index < -0.39 is 9.84 Å². The first-order valence-electron chi connectivity index (χ1n) is 7.37. The molecule has 0 radical (unpaired) electrons. The number of sulfone groups is 1. The lowest BCUT2D eigenvalue weighted by atomic mass is 9.99. The van der Waals surface area contributed by atoms with Crippen LogP contribution in [0.5, 0.6) is 0 Å². The number of Topliss-reactive ketones (excluding diaryl/α,β-unsaturated/α-hetero) is 1. The molecule has 1 aliphatic heterocycles. The van der Waals surface area contributed by atoms with E-state index in [0.717, 1.165) is 11.1 Å². The van der Waals surface area contributed by atoms with Gasteiger partial charge in [-0.2, -0.15) is 0 Å². The average Bonchev–Trinajstić information content (AvgIpc) is 2.78. The van der Waals surface area contributed by atoms with Crippen molar-refractivity contribution in [1.82, 2.24) is 5.32 Å². The quantitative estimate of drug-likeness (QED) is 0.834. The molecule has 0 spiro atoms. The van der Waals surface area contributed by atoms with Gasteiger partial charge in [-0.15, -0.1) is 0 Å². The molecule has 1 aromatic rings. The number of aryl methyl sites for hydroxylation is 2. The highest BCUT2D eigenvalue weighted by Gasteiger charge is 2.28. The smallest absolute Gasteiger partial charge is 0.220 e. The molecule has 6 heteroatoms. The number of hydrogen-bond acceptors (Lipinski definition) is 4. The van der Waals surface area contributed by atoms with Gasteiger partial charge in [-0.25, -0.2) is 8.42 Å². The van der Waals surface area contributed by atoms with Gasteiger partial charge in [-0.1, -0.05) is 17.7 Å². The number of amides is 1. The summed E-state index contributed by atoms with van der Waals surface area (Å²) in [6, 6.07) is 5.36. The van der Waals surface area contributed by atoms with Crippen LogP contribution in [0.2, 0.25) is 0 Å². The molecule has 120 valence electrons. The van der Waals surface area contributed by atoms with Crippen molar-refractivity contribution in [3.05, 3.63) is 34.9 Å². The second-order valence-electron chi connectivity index (χ2n) is 5.91. The SMILES string of the molecule is Cc1ccc(C)c(C(=O)CCC(=O)N[C@H]2CCS(=O)(=O)C2)c1. The number of benzene rings is 1. The van der Waals surface area contributed by atoms with Crippen LogP contribution in [0.4, 0.5) is 0 Å². The zero-order valence-electron chi connectivity index (χ0n) is 12.9. The van der Waals surface area contributed by atoms with Crippen molar-refractivity contribution in [2.24, 2.45) is 0 Å². The third-order valence-corrected chi connectivity index (χ3v) is 5.64. The zero-order valence-corrected chi connectivity index (χ0v) is 13.7. The summed E-state index contributed by atoms with van der Waals surface area (Å²) in [5.41, 5.74) is 2.56. The second kappa shape index (κ2) is 6.60. The Kier molecular flexibility index (Phi) is 5.01. The first-order chi connectivity index (χ1) is 10.3. The summed E-state index contributed by atoms with van der Waals surface area (Å²) < 4.78 is 22.7. The molecule has 1 aliphatic rings. The fourth-order valence-corrected chi connectivity index (χ4v) is 4.28. The Labute approximate surface area is 131 Å². The second-order valence-corrected chi connectivity index (χ2v) is 8.14. The third kappa shape index (κ3) is 4.40. The highest BCUT2D eigenvalue weighted by molar-refractivity contribution is 7.91. The lowest BCUT2D eigenvalue weighted by Gasteiger charge is -2.11. The minimum absolute atomic E-state index is 0.00365. The molecule has 0 aromatic heterocycles. The molecule has 22 heavy (non-hydrogen) atoms. The molecule has 2 rings (SSSR count). The lowest BCUT2D eigenvalue weighted by molar-refractivity contribution is -0.121. The molecule has 0 aliphatic carbocycles. The van der Waals surface area contributed by atoms with Crippen LogP contribution in [0, 0.1) is 13.8 Å². The molecule has 5 nitrogen and oxygen atoms in total. The van der Waals surface area contributed by atoms with Gasteiger partial charge in [0, 0.05) is 24.4 Å². The van der Waals surface area contributed by atoms with E-state index in [-0.39, 0.29) is 42.1 Å². The van der Waals surface area contributed by atoms with E-state index in [9.17, 15) is 18.0 Å². The molecule has 0 saturated carbocycles. The van der Waals surface area contributed by atoms with Gasteiger partial charge in [0.1, 0.15) is 0 Å². The molecule has 1 saturated heterocycles. The summed E-state index contributed by atoms with van der Waals surface area (Å²) in [4.78, 5) is 24.0. The Balaban J connectivity index is 1.86. The minimum Gasteiger partial charge on any atom is -0.352 e. The van der Waals surface area contributed by atoms with Crippen LogP contribution in [0.15, 0.2) is 18.2 Å². The van der Waals surface area contributed by atoms with E-state index in [0.29, 0.717) is 12.0 Å². The summed E-state index contributed by atoms with van der Waals surface area (Å²) in [6.45, 7) is 3.79. The van der Waals surface area contributed by atoms with Crippen LogP contribution < -0.4 is 5.32 Å². The maximum absolute atomic E-state index is 12.2. The maximum atomic E-state index is 12.2. The van der Waals surface area contributed by atoms with Crippen LogP contribution in [0.25, 0.3) is 0 Å². The maximum Gasteiger partial charge on any atom is 0.220 e. The van der Waals surface area contributed by atoms with E-state index in [1.165, 1.54) is 0 Å². The normalized spacial score (nSPS) is 19.8. The molecule has 0 bridgehead atoms. The fraction of sp³-hybridized carbons (Fsp3) is 0.500. The van der Waals surface area contributed by atoms with Gasteiger partial charge in [-0.05, 0) is 31.9 Å². The summed E-state index contributed by atoms with van der Waals surface area (Å²) in [7, 11) is -3.01. The van der Waals surface area contributed by atoms with Crippen molar-refractivity contribution < 1.29 is 18.0 Å². The van der Waals surface area contributed by atoms with E-state index in [4.69, 9.17) is 0 Å². The number of rotatable bonds is 5. The van der Waals surface area contributed by atoms with Gasteiger partial charge in [0.25, 0.3) is 0 Å². The zero-order chi connectivity index (χ0) is 16.3. The van der Waals surface area contributed by atoms with Gasteiger partial charge in [0.2, 0.25) is 5.91 Å². The molecule has 1 fully saturated rings. The number of ketones is 1. The van der Waals surface area contributed by atoms with E-state index >= 15 is 0 Å².